The number of amides is 1. The summed E-state index contributed by atoms with van der Waals surface area (Å²) in [5.74, 6) is -2.72. The fraction of sp³-hybridized carbons (Fsp3) is 0.800. The molecular formula is C15H22N2O5. The maximum Gasteiger partial charge on any atom is 0.238 e. The van der Waals surface area contributed by atoms with Crippen molar-refractivity contribution >= 4 is 17.5 Å². The average molecular weight is 310 g/mol. The summed E-state index contributed by atoms with van der Waals surface area (Å²) in [6.07, 6.45) is 2.85. The van der Waals surface area contributed by atoms with Crippen LogP contribution in [0.3, 0.4) is 0 Å². The zero-order valence-corrected chi connectivity index (χ0v) is 13.0. The van der Waals surface area contributed by atoms with Crippen LogP contribution >= 0.6 is 0 Å². The first kappa shape index (κ1) is 16.6. The van der Waals surface area contributed by atoms with Gasteiger partial charge in [0.15, 0.2) is 17.5 Å². The van der Waals surface area contributed by atoms with Gasteiger partial charge in [-0.2, -0.15) is 0 Å². The van der Waals surface area contributed by atoms with E-state index in [2.05, 4.69) is 5.32 Å². The SMILES string of the molecule is CC1(C)CC(=O)C(C(=O)NC2CCCCC2[N+](=O)[O-])C(=O)C1. The minimum atomic E-state index is -1.29. The summed E-state index contributed by atoms with van der Waals surface area (Å²) in [6, 6.07) is -1.42. The Balaban J connectivity index is 2.06. The van der Waals surface area contributed by atoms with Gasteiger partial charge in [-0.1, -0.05) is 20.3 Å². The number of hydrogen-bond acceptors (Lipinski definition) is 5. The Labute approximate surface area is 129 Å². The van der Waals surface area contributed by atoms with Gasteiger partial charge in [-0.05, 0) is 18.3 Å². The van der Waals surface area contributed by atoms with Crippen LogP contribution in [0.2, 0.25) is 0 Å². The summed E-state index contributed by atoms with van der Waals surface area (Å²) in [4.78, 5) is 47.2. The fourth-order valence-corrected chi connectivity index (χ4v) is 3.48. The predicted molar refractivity (Wildman–Crippen MR) is 77.7 cm³/mol. The molecule has 2 unspecified atom stereocenters. The number of carbonyl (C=O) groups excluding carboxylic acids is 3. The Morgan fingerprint density at radius 2 is 1.73 bits per heavy atom. The second kappa shape index (κ2) is 6.14. The third kappa shape index (κ3) is 3.51. The van der Waals surface area contributed by atoms with Gasteiger partial charge in [0.05, 0.1) is 6.04 Å². The lowest BCUT2D eigenvalue weighted by molar-refractivity contribution is -0.529. The first-order valence-electron chi connectivity index (χ1n) is 7.70. The van der Waals surface area contributed by atoms with E-state index in [1.807, 2.05) is 13.8 Å². The predicted octanol–water partition coefficient (Wildman–Crippen LogP) is 1.26. The van der Waals surface area contributed by atoms with Crippen molar-refractivity contribution in [1.82, 2.24) is 5.32 Å². The van der Waals surface area contributed by atoms with Gasteiger partial charge < -0.3 is 5.32 Å². The van der Waals surface area contributed by atoms with Crippen LogP contribution in [0.15, 0.2) is 0 Å². The monoisotopic (exact) mass is 310 g/mol. The fourth-order valence-electron chi connectivity index (χ4n) is 3.48. The van der Waals surface area contributed by atoms with Crippen molar-refractivity contribution in [1.29, 1.82) is 0 Å². The van der Waals surface area contributed by atoms with E-state index in [4.69, 9.17) is 0 Å². The van der Waals surface area contributed by atoms with Crippen LogP contribution in [0.25, 0.3) is 0 Å². The largest absolute Gasteiger partial charge is 0.345 e. The van der Waals surface area contributed by atoms with Crippen LogP contribution < -0.4 is 5.32 Å². The average Bonchev–Trinajstić information content (AvgIpc) is 2.36. The molecule has 0 radical (unpaired) electrons. The maximum absolute atomic E-state index is 12.3. The smallest absolute Gasteiger partial charge is 0.238 e. The van der Waals surface area contributed by atoms with Gasteiger partial charge in [0.25, 0.3) is 0 Å². The molecule has 0 aromatic rings. The van der Waals surface area contributed by atoms with Gasteiger partial charge in [-0.3, -0.25) is 24.5 Å². The lowest BCUT2D eigenvalue weighted by Crippen LogP contribution is -2.54. The van der Waals surface area contributed by atoms with Crippen molar-refractivity contribution in [2.45, 2.75) is 64.5 Å². The highest BCUT2D eigenvalue weighted by molar-refractivity contribution is 6.20. The van der Waals surface area contributed by atoms with Gasteiger partial charge >= 0.3 is 0 Å². The minimum absolute atomic E-state index is 0.181. The molecule has 7 nitrogen and oxygen atoms in total. The Morgan fingerprint density at radius 1 is 1.18 bits per heavy atom. The molecule has 2 aliphatic rings. The number of ketones is 2. The van der Waals surface area contributed by atoms with Crippen LogP contribution in [0.5, 0.6) is 0 Å². The Kier molecular flexibility index (Phi) is 4.63. The summed E-state index contributed by atoms with van der Waals surface area (Å²) in [7, 11) is 0. The molecule has 2 aliphatic carbocycles. The van der Waals surface area contributed by atoms with E-state index in [0.717, 1.165) is 12.8 Å². The summed E-state index contributed by atoms with van der Waals surface area (Å²) >= 11 is 0. The molecule has 0 spiro atoms. The van der Waals surface area contributed by atoms with Crippen molar-refractivity contribution in [3.8, 4) is 0 Å². The van der Waals surface area contributed by atoms with E-state index >= 15 is 0 Å². The molecule has 2 atom stereocenters. The normalized spacial score (nSPS) is 29.2. The topological polar surface area (TPSA) is 106 Å². The molecule has 0 aromatic heterocycles. The summed E-state index contributed by atoms with van der Waals surface area (Å²) < 4.78 is 0. The van der Waals surface area contributed by atoms with Crippen LogP contribution in [-0.4, -0.2) is 34.5 Å². The number of rotatable bonds is 3. The highest BCUT2D eigenvalue weighted by Gasteiger charge is 2.45. The maximum atomic E-state index is 12.3. The summed E-state index contributed by atoms with van der Waals surface area (Å²) in [6.45, 7) is 3.64. The number of nitrogens with zero attached hydrogens (tertiary/aromatic N) is 1. The van der Waals surface area contributed by atoms with E-state index < -0.39 is 29.3 Å². The first-order chi connectivity index (χ1) is 10.2. The van der Waals surface area contributed by atoms with Crippen molar-refractivity contribution in [2.24, 2.45) is 11.3 Å². The number of nitro groups is 1. The molecule has 1 amide bonds. The molecule has 0 bridgehead atoms. The Hall–Kier alpha value is -1.79. The van der Waals surface area contributed by atoms with Crippen molar-refractivity contribution < 1.29 is 19.3 Å². The molecule has 122 valence electrons. The van der Waals surface area contributed by atoms with E-state index in [-0.39, 0.29) is 29.3 Å². The van der Waals surface area contributed by atoms with Crippen molar-refractivity contribution in [2.75, 3.05) is 0 Å². The molecule has 0 aromatic carbocycles. The van der Waals surface area contributed by atoms with Gasteiger partial charge in [-0.15, -0.1) is 0 Å². The molecule has 1 N–H and O–H groups in total. The second-order valence-corrected chi connectivity index (χ2v) is 7.14. The molecule has 7 heteroatoms. The van der Waals surface area contributed by atoms with Crippen molar-refractivity contribution in [3.63, 3.8) is 0 Å². The highest BCUT2D eigenvalue weighted by atomic mass is 16.6. The Bertz CT molecular complexity index is 494. The third-order valence-corrected chi connectivity index (χ3v) is 4.54. The first-order valence-corrected chi connectivity index (χ1v) is 7.70. The molecule has 0 saturated heterocycles. The molecule has 0 aliphatic heterocycles. The van der Waals surface area contributed by atoms with Gasteiger partial charge in [-0.25, -0.2) is 0 Å². The van der Waals surface area contributed by atoms with Crippen LogP contribution in [-0.2, 0) is 14.4 Å². The zero-order chi connectivity index (χ0) is 16.5. The second-order valence-electron chi connectivity index (χ2n) is 7.14. The summed E-state index contributed by atoms with van der Waals surface area (Å²) in [5.41, 5.74) is -0.418. The quantitative estimate of drug-likeness (QED) is 0.480. The number of nitrogens with one attached hydrogen (secondary N) is 1. The van der Waals surface area contributed by atoms with E-state index in [1.54, 1.807) is 0 Å². The van der Waals surface area contributed by atoms with Crippen molar-refractivity contribution in [3.05, 3.63) is 10.1 Å². The molecular weight excluding hydrogens is 288 g/mol. The van der Waals surface area contributed by atoms with Gasteiger partial charge in [0.2, 0.25) is 11.9 Å². The van der Waals surface area contributed by atoms with Crippen LogP contribution in [0.4, 0.5) is 0 Å². The zero-order valence-electron chi connectivity index (χ0n) is 13.0. The molecule has 0 heterocycles. The van der Waals surface area contributed by atoms with E-state index in [0.29, 0.717) is 12.8 Å². The third-order valence-electron chi connectivity index (χ3n) is 4.54. The van der Waals surface area contributed by atoms with E-state index in [9.17, 15) is 24.5 Å². The minimum Gasteiger partial charge on any atom is -0.345 e. The lowest BCUT2D eigenvalue weighted by Gasteiger charge is -2.33. The van der Waals surface area contributed by atoms with Gasteiger partial charge in [0.1, 0.15) is 0 Å². The van der Waals surface area contributed by atoms with Gasteiger partial charge in [0, 0.05) is 24.2 Å². The number of hydrogen-bond donors (Lipinski definition) is 1. The van der Waals surface area contributed by atoms with E-state index in [1.165, 1.54) is 0 Å². The molecule has 2 saturated carbocycles. The summed E-state index contributed by atoms with van der Waals surface area (Å²) in [5, 5.41) is 13.6. The Morgan fingerprint density at radius 3 is 2.27 bits per heavy atom. The van der Waals surface area contributed by atoms with Crippen LogP contribution in [0.1, 0.15) is 52.4 Å². The van der Waals surface area contributed by atoms with Crippen LogP contribution in [0, 0.1) is 21.4 Å². The molecule has 2 fully saturated rings. The molecule has 22 heavy (non-hydrogen) atoms. The lowest BCUT2D eigenvalue weighted by atomic mass is 9.71. The number of Topliss-reactive ketones (excluding diaryl/α,β-unsaturated/α-hetero) is 2. The standard InChI is InChI=1S/C15H22N2O5/c1-15(2)7-11(18)13(12(19)8-15)14(20)16-9-5-3-4-6-10(9)17(21)22/h9-10,13H,3-8H2,1-2H3,(H,16,20). The molecule has 2 rings (SSSR count). The number of carbonyl (C=O) groups is 3. The highest BCUT2D eigenvalue weighted by Crippen LogP contribution is 2.34.